The molecule has 6 nitrogen and oxygen atoms in total. The molecule has 0 aliphatic rings. The predicted octanol–water partition coefficient (Wildman–Crippen LogP) is 1.81. The molecule has 0 radical (unpaired) electrons. The summed E-state index contributed by atoms with van der Waals surface area (Å²) in [5.74, 6) is -1.83. The minimum atomic E-state index is -0.554. The summed E-state index contributed by atoms with van der Waals surface area (Å²) in [6, 6.07) is 4.54. The van der Waals surface area contributed by atoms with E-state index in [2.05, 4.69) is 4.74 Å². The van der Waals surface area contributed by atoms with Gasteiger partial charge in [0.2, 0.25) is 0 Å². The number of benzene rings is 1. The standard InChI is InChI=1S/C14H16O6/c1-8(14(17)18-4)11-5-6-12(19-9(2)15)13(7-11)20-10(3)16/h5-8H,1-4H3. The van der Waals surface area contributed by atoms with Crippen LogP contribution in [0.25, 0.3) is 0 Å². The average molecular weight is 280 g/mol. The number of ether oxygens (including phenoxy) is 3. The second-order valence-corrected chi connectivity index (χ2v) is 4.14. The van der Waals surface area contributed by atoms with E-state index < -0.39 is 23.8 Å². The van der Waals surface area contributed by atoms with E-state index in [1.165, 1.54) is 33.1 Å². The van der Waals surface area contributed by atoms with Crippen molar-refractivity contribution >= 4 is 17.9 Å². The van der Waals surface area contributed by atoms with Crippen molar-refractivity contribution in [2.75, 3.05) is 7.11 Å². The summed E-state index contributed by atoms with van der Waals surface area (Å²) in [7, 11) is 1.29. The molecular weight excluding hydrogens is 264 g/mol. The Bertz CT molecular complexity index is 534. The lowest BCUT2D eigenvalue weighted by molar-refractivity contribution is -0.142. The summed E-state index contributed by atoms with van der Waals surface area (Å²) in [6.07, 6.45) is 0. The number of methoxy groups -OCH3 is 1. The first-order valence-corrected chi connectivity index (χ1v) is 5.93. The fourth-order valence-corrected chi connectivity index (χ4v) is 1.58. The molecule has 0 saturated heterocycles. The van der Waals surface area contributed by atoms with Crippen LogP contribution in [0.4, 0.5) is 0 Å². The Labute approximate surface area is 116 Å². The normalized spacial score (nSPS) is 11.4. The summed E-state index contributed by atoms with van der Waals surface area (Å²) < 4.78 is 14.6. The van der Waals surface area contributed by atoms with E-state index in [1.807, 2.05) is 0 Å². The third-order valence-electron chi connectivity index (χ3n) is 2.53. The highest BCUT2D eigenvalue weighted by atomic mass is 16.6. The molecule has 1 aromatic rings. The van der Waals surface area contributed by atoms with Gasteiger partial charge in [-0.2, -0.15) is 0 Å². The summed E-state index contributed by atoms with van der Waals surface area (Å²) in [5, 5.41) is 0. The Morgan fingerprint density at radius 3 is 2.05 bits per heavy atom. The Kier molecular flexibility index (Phi) is 5.25. The molecule has 0 fully saturated rings. The summed E-state index contributed by atoms with van der Waals surface area (Å²) in [4.78, 5) is 33.5. The molecule has 0 amide bonds. The number of hydrogen-bond donors (Lipinski definition) is 0. The van der Waals surface area contributed by atoms with Crippen LogP contribution in [-0.2, 0) is 19.1 Å². The monoisotopic (exact) mass is 280 g/mol. The highest BCUT2D eigenvalue weighted by Crippen LogP contribution is 2.31. The zero-order chi connectivity index (χ0) is 15.3. The lowest BCUT2D eigenvalue weighted by Crippen LogP contribution is -2.12. The molecule has 0 aliphatic carbocycles. The zero-order valence-electron chi connectivity index (χ0n) is 11.8. The van der Waals surface area contributed by atoms with E-state index in [0.29, 0.717) is 5.56 Å². The topological polar surface area (TPSA) is 78.9 Å². The van der Waals surface area contributed by atoms with Crippen molar-refractivity contribution in [3.63, 3.8) is 0 Å². The third kappa shape index (κ3) is 4.08. The molecule has 0 aliphatic heterocycles. The molecule has 6 heteroatoms. The van der Waals surface area contributed by atoms with E-state index in [1.54, 1.807) is 13.0 Å². The fraction of sp³-hybridized carbons (Fsp3) is 0.357. The molecule has 0 heterocycles. The van der Waals surface area contributed by atoms with Crippen LogP contribution in [0.3, 0.4) is 0 Å². The van der Waals surface area contributed by atoms with Gasteiger partial charge in [-0.25, -0.2) is 0 Å². The van der Waals surface area contributed by atoms with Gasteiger partial charge in [0.1, 0.15) is 0 Å². The number of rotatable bonds is 4. The zero-order valence-corrected chi connectivity index (χ0v) is 11.8. The molecule has 1 atom stereocenters. The predicted molar refractivity (Wildman–Crippen MR) is 69.5 cm³/mol. The van der Waals surface area contributed by atoms with E-state index in [4.69, 9.17) is 9.47 Å². The molecule has 20 heavy (non-hydrogen) atoms. The molecule has 0 spiro atoms. The van der Waals surface area contributed by atoms with Crippen molar-refractivity contribution in [3.05, 3.63) is 23.8 Å². The Morgan fingerprint density at radius 2 is 1.55 bits per heavy atom. The number of carbonyl (C=O) groups is 3. The maximum atomic E-state index is 11.5. The van der Waals surface area contributed by atoms with Crippen LogP contribution in [0, 0.1) is 0 Å². The Morgan fingerprint density at radius 1 is 1.00 bits per heavy atom. The van der Waals surface area contributed by atoms with Gasteiger partial charge in [0.25, 0.3) is 0 Å². The first kappa shape index (κ1) is 15.7. The van der Waals surface area contributed by atoms with Crippen LogP contribution in [0.2, 0.25) is 0 Å². The van der Waals surface area contributed by atoms with Gasteiger partial charge in [-0.1, -0.05) is 6.07 Å². The van der Waals surface area contributed by atoms with E-state index in [0.717, 1.165) is 0 Å². The van der Waals surface area contributed by atoms with E-state index in [-0.39, 0.29) is 11.5 Å². The van der Waals surface area contributed by atoms with Crippen LogP contribution in [0.5, 0.6) is 11.5 Å². The molecule has 0 saturated carbocycles. The number of hydrogen-bond acceptors (Lipinski definition) is 6. The molecule has 1 unspecified atom stereocenters. The van der Waals surface area contributed by atoms with Crippen molar-refractivity contribution < 1.29 is 28.6 Å². The molecule has 0 N–H and O–H groups in total. The third-order valence-corrected chi connectivity index (χ3v) is 2.53. The maximum absolute atomic E-state index is 11.5. The maximum Gasteiger partial charge on any atom is 0.312 e. The Hall–Kier alpha value is -2.37. The van der Waals surface area contributed by atoms with Gasteiger partial charge in [0.05, 0.1) is 13.0 Å². The second-order valence-electron chi connectivity index (χ2n) is 4.14. The van der Waals surface area contributed by atoms with Crippen LogP contribution in [0.15, 0.2) is 18.2 Å². The largest absolute Gasteiger partial charge is 0.469 e. The van der Waals surface area contributed by atoms with Crippen molar-refractivity contribution in [1.82, 2.24) is 0 Å². The lowest BCUT2D eigenvalue weighted by Gasteiger charge is -2.13. The molecule has 0 aromatic heterocycles. The second kappa shape index (κ2) is 6.70. The highest BCUT2D eigenvalue weighted by molar-refractivity contribution is 5.79. The van der Waals surface area contributed by atoms with Gasteiger partial charge in [-0.15, -0.1) is 0 Å². The summed E-state index contributed by atoms with van der Waals surface area (Å²) in [6.45, 7) is 4.13. The first-order valence-electron chi connectivity index (χ1n) is 5.93. The van der Waals surface area contributed by atoms with Gasteiger partial charge in [-0.05, 0) is 24.6 Å². The molecule has 0 bridgehead atoms. The minimum absolute atomic E-state index is 0.0842. The summed E-state index contributed by atoms with van der Waals surface area (Å²) in [5.41, 5.74) is 0.587. The van der Waals surface area contributed by atoms with Gasteiger partial charge in [-0.3, -0.25) is 14.4 Å². The van der Waals surface area contributed by atoms with Crippen LogP contribution in [0.1, 0.15) is 32.3 Å². The van der Waals surface area contributed by atoms with E-state index >= 15 is 0 Å². The lowest BCUT2D eigenvalue weighted by atomic mass is 10.0. The average Bonchev–Trinajstić information content (AvgIpc) is 2.37. The van der Waals surface area contributed by atoms with Crippen LogP contribution in [-0.4, -0.2) is 25.0 Å². The van der Waals surface area contributed by atoms with Gasteiger partial charge in [0, 0.05) is 13.8 Å². The van der Waals surface area contributed by atoms with Crippen LogP contribution < -0.4 is 9.47 Å². The molecular formula is C14H16O6. The van der Waals surface area contributed by atoms with Crippen molar-refractivity contribution in [2.24, 2.45) is 0 Å². The van der Waals surface area contributed by atoms with Gasteiger partial charge >= 0.3 is 17.9 Å². The molecule has 1 aromatic carbocycles. The smallest absolute Gasteiger partial charge is 0.312 e. The number of esters is 3. The van der Waals surface area contributed by atoms with Gasteiger partial charge in [0.15, 0.2) is 11.5 Å². The van der Waals surface area contributed by atoms with Crippen molar-refractivity contribution in [2.45, 2.75) is 26.7 Å². The molecule has 1 rings (SSSR count). The van der Waals surface area contributed by atoms with E-state index in [9.17, 15) is 14.4 Å². The van der Waals surface area contributed by atoms with Crippen molar-refractivity contribution in [1.29, 1.82) is 0 Å². The van der Waals surface area contributed by atoms with Crippen LogP contribution >= 0.6 is 0 Å². The quantitative estimate of drug-likeness (QED) is 0.618. The minimum Gasteiger partial charge on any atom is -0.469 e. The molecule has 108 valence electrons. The number of carbonyl (C=O) groups excluding carboxylic acids is 3. The fourth-order valence-electron chi connectivity index (χ4n) is 1.58. The van der Waals surface area contributed by atoms with Gasteiger partial charge < -0.3 is 14.2 Å². The summed E-state index contributed by atoms with van der Waals surface area (Å²) >= 11 is 0. The Balaban J connectivity index is 3.15. The highest BCUT2D eigenvalue weighted by Gasteiger charge is 2.19. The SMILES string of the molecule is COC(=O)C(C)c1ccc(OC(C)=O)c(OC(C)=O)c1. The van der Waals surface area contributed by atoms with Crippen molar-refractivity contribution in [3.8, 4) is 11.5 Å². The first-order chi connectivity index (χ1) is 9.35.